The number of aromatic carboxylic acids is 1. The Morgan fingerprint density at radius 2 is 1.80 bits per heavy atom. The number of nitrogens with zero attached hydrogens (tertiary/aromatic N) is 1. The zero-order valence-corrected chi connectivity index (χ0v) is 17.7. The molecular formula is C22H18Cl2N2O4. The lowest BCUT2D eigenvalue weighted by Gasteiger charge is -2.16. The smallest absolute Gasteiger partial charge is 0.335 e. The van der Waals surface area contributed by atoms with Gasteiger partial charge in [0.05, 0.1) is 21.7 Å². The molecule has 0 aliphatic heterocycles. The van der Waals surface area contributed by atoms with Crippen LogP contribution in [0.1, 0.15) is 44.8 Å². The fourth-order valence-corrected chi connectivity index (χ4v) is 3.17. The second-order valence-corrected chi connectivity index (χ2v) is 7.51. The summed E-state index contributed by atoms with van der Waals surface area (Å²) in [4.78, 5) is 28.0. The molecule has 1 amide bonds. The number of ether oxygens (including phenoxy) is 1. The molecule has 3 rings (SSSR count). The van der Waals surface area contributed by atoms with Gasteiger partial charge < -0.3 is 15.2 Å². The van der Waals surface area contributed by atoms with Gasteiger partial charge in [-0.15, -0.1) is 0 Å². The number of hydrogen-bond acceptors (Lipinski definition) is 4. The number of carbonyl (C=O) groups excluding carboxylic acids is 1. The first-order chi connectivity index (χ1) is 14.2. The minimum absolute atomic E-state index is 0.0658. The standard InChI is InChI=1S/C22H18Cl2N2O4/c1-12-3-8-19(18(24)9-12)30-21-17(10-16(23)11-25-21)20(27)26-13(2)14-4-6-15(7-5-14)22(28)29/h3-11,13H,1-2H3,(H,26,27)(H,28,29)/t13-/m0/s1. The minimum atomic E-state index is -1.01. The molecule has 0 fully saturated rings. The molecule has 0 radical (unpaired) electrons. The van der Waals surface area contributed by atoms with Gasteiger partial charge in [-0.1, -0.05) is 41.4 Å². The van der Waals surface area contributed by atoms with Crippen LogP contribution in [0.5, 0.6) is 11.6 Å². The quantitative estimate of drug-likeness (QED) is 0.510. The summed E-state index contributed by atoms with van der Waals surface area (Å²) in [6.45, 7) is 3.68. The molecule has 0 bridgehead atoms. The Morgan fingerprint density at radius 3 is 2.43 bits per heavy atom. The third kappa shape index (κ3) is 5.09. The van der Waals surface area contributed by atoms with E-state index in [1.165, 1.54) is 24.4 Å². The van der Waals surface area contributed by atoms with Gasteiger partial charge in [-0.05, 0) is 55.3 Å². The maximum Gasteiger partial charge on any atom is 0.335 e. The van der Waals surface area contributed by atoms with Crippen molar-refractivity contribution in [2.45, 2.75) is 19.9 Å². The first-order valence-electron chi connectivity index (χ1n) is 8.98. The van der Waals surface area contributed by atoms with E-state index in [0.717, 1.165) is 11.1 Å². The Kier molecular flexibility index (Phi) is 6.59. The summed E-state index contributed by atoms with van der Waals surface area (Å²) in [5.41, 5.74) is 2.03. The van der Waals surface area contributed by atoms with E-state index in [-0.39, 0.29) is 22.0 Å². The number of aryl methyl sites for hydroxylation is 1. The molecule has 154 valence electrons. The molecule has 30 heavy (non-hydrogen) atoms. The lowest BCUT2D eigenvalue weighted by molar-refractivity contribution is 0.0696. The first kappa shape index (κ1) is 21.6. The average Bonchev–Trinajstić information content (AvgIpc) is 2.71. The second-order valence-electron chi connectivity index (χ2n) is 6.66. The molecule has 0 saturated carbocycles. The predicted octanol–water partition coefficient (Wildman–Crippen LogP) is 5.68. The number of pyridine rings is 1. The van der Waals surface area contributed by atoms with Crippen LogP contribution in [0.4, 0.5) is 0 Å². The van der Waals surface area contributed by atoms with Crippen molar-refractivity contribution in [2.24, 2.45) is 0 Å². The molecule has 2 aromatic carbocycles. The molecule has 0 spiro atoms. The number of benzene rings is 2. The monoisotopic (exact) mass is 444 g/mol. The highest BCUT2D eigenvalue weighted by Gasteiger charge is 2.19. The van der Waals surface area contributed by atoms with Gasteiger partial charge in [-0.25, -0.2) is 9.78 Å². The molecule has 3 aromatic rings. The van der Waals surface area contributed by atoms with Crippen LogP contribution < -0.4 is 10.1 Å². The highest BCUT2D eigenvalue weighted by atomic mass is 35.5. The summed E-state index contributed by atoms with van der Waals surface area (Å²) in [5, 5.41) is 12.5. The summed E-state index contributed by atoms with van der Waals surface area (Å²) in [6, 6.07) is 12.6. The van der Waals surface area contributed by atoms with Crippen LogP contribution in [0, 0.1) is 6.92 Å². The lowest BCUT2D eigenvalue weighted by atomic mass is 10.1. The van der Waals surface area contributed by atoms with Gasteiger partial charge in [0.1, 0.15) is 11.3 Å². The number of hydrogen-bond donors (Lipinski definition) is 2. The summed E-state index contributed by atoms with van der Waals surface area (Å²) in [7, 11) is 0. The van der Waals surface area contributed by atoms with E-state index in [9.17, 15) is 9.59 Å². The molecule has 6 nitrogen and oxygen atoms in total. The summed E-state index contributed by atoms with van der Waals surface area (Å²) in [5.74, 6) is -1.03. The SMILES string of the molecule is Cc1ccc(Oc2ncc(Cl)cc2C(=O)N[C@@H](C)c2ccc(C(=O)O)cc2)c(Cl)c1. The minimum Gasteiger partial charge on any atom is -0.478 e. The lowest BCUT2D eigenvalue weighted by Crippen LogP contribution is -2.27. The van der Waals surface area contributed by atoms with E-state index in [1.54, 1.807) is 31.2 Å². The van der Waals surface area contributed by atoms with Crippen molar-refractivity contribution in [2.75, 3.05) is 0 Å². The summed E-state index contributed by atoms with van der Waals surface area (Å²) in [6.07, 6.45) is 1.38. The largest absolute Gasteiger partial charge is 0.478 e. The van der Waals surface area contributed by atoms with Crippen molar-refractivity contribution in [3.05, 3.63) is 87.0 Å². The van der Waals surface area contributed by atoms with Crippen molar-refractivity contribution in [3.63, 3.8) is 0 Å². The van der Waals surface area contributed by atoms with Gasteiger partial charge in [0.25, 0.3) is 5.91 Å². The number of carboxylic acids is 1. The zero-order chi connectivity index (χ0) is 21.8. The van der Waals surface area contributed by atoms with Crippen molar-refractivity contribution in [1.29, 1.82) is 0 Å². The van der Waals surface area contributed by atoms with E-state index in [0.29, 0.717) is 10.8 Å². The Balaban J connectivity index is 1.82. The molecule has 0 saturated heterocycles. The molecular weight excluding hydrogens is 427 g/mol. The van der Waals surface area contributed by atoms with Crippen LogP contribution in [-0.2, 0) is 0 Å². The predicted molar refractivity (Wildman–Crippen MR) is 115 cm³/mol. The van der Waals surface area contributed by atoms with E-state index in [2.05, 4.69) is 10.3 Å². The number of nitrogens with one attached hydrogen (secondary N) is 1. The molecule has 0 aliphatic carbocycles. The third-order valence-electron chi connectivity index (χ3n) is 4.36. The van der Waals surface area contributed by atoms with Crippen LogP contribution in [0.15, 0.2) is 54.7 Å². The Bertz CT molecular complexity index is 1100. The molecule has 0 unspecified atom stereocenters. The van der Waals surface area contributed by atoms with Crippen LogP contribution in [0.3, 0.4) is 0 Å². The van der Waals surface area contributed by atoms with Crippen LogP contribution in [0.2, 0.25) is 10.0 Å². The Hall–Kier alpha value is -3.09. The normalized spacial score (nSPS) is 11.6. The molecule has 1 aromatic heterocycles. The van der Waals surface area contributed by atoms with Crippen molar-refractivity contribution >= 4 is 35.1 Å². The van der Waals surface area contributed by atoms with Crippen molar-refractivity contribution in [3.8, 4) is 11.6 Å². The van der Waals surface area contributed by atoms with Gasteiger partial charge in [-0.3, -0.25) is 4.79 Å². The topological polar surface area (TPSA) is 88.5 Å². The van der Waals surface area contributed by atoms with E-state index in [1.807, 2.05) is 13.0 Å². The van der Waals surface area contributed by atoms with Gasteiger partial charge in [0, 0.05) is 6.20 Å². The highest BCUT2D eigenvalue weighted by molar-refractivity contribution is 6.32. The van der Waals surface area contributed by atoms with Gasteiger partial charge in [0.2, 0.25) is 5.88 Å². The zero-order valence-electron chi connectivity index (χ0n) is 16.1. The number of aromatic nitrogens is 1. The Labute approximate surface area is 183 Å². The van der Waals surface area contributed by atoms with Gasteiger partial charge in [-0.2, -0.15) is 0 Å². The average molecular weight is 445 g/mol. The second kappa shape index (κ2) is 9.15. The van der Waals surface area contributed by atoms with Gasteiger partial charge >= 0.3 is 5.97 Å². The summed E-state index contributed by atoms with van der Waals surface area (Å²) >= 11 is 12.3. The van der Waals surface area contributed by atoms with Crippen LogP contribution >= 0.6 is 23.2 Å². The number of amides is 1. The van der Waals surface area contributed by atoms with E-state index >= 15 is 0 Å². The third-order valence-corrected chi connectivity index (χ3v) is 4.86. The maximum absolute atomic E-state index is 12.9. The molecule has 2 N–H and O–H groups in total. The number of halogens is 2. The number of carbonyl (C=O) groups is 2. The first-order valence-corrected chi connectivity index (χ1v) is 9.74. The fraction of sp³-hybridized carbons (Fsp3) is 0.136. The molecule has 8 heteroatoms. The van der Waals surface area contributed by atoms with Crippen molar-refractivity contribution < 1.29 is 19.4 Å². The van der Waals surface area contributed by atoms with E-state index in [4.69, 9.17) is 33.0 Å². The Morgan fingerprint density at radius 1 is 1.10 bits per heavy atom. The fourth-order valence-electron chi connectivity index (χ4n) is 2.74. The van der Waals surface area contributed by atoms with Crippen LogP contribution in [-0.4, -0.2) is 22.0 Å². The summed E-state index contributed by atoms with van der Waals surface area (Å²) < 4.78 is 5.77. The molecule has 1 atom stereocenters. The van der Waals surface area contributed by atoms with Crippen molar-refractivity contribution in [1.82, 2.24) is 10.3 Å². The van der Waals surface area contributed by atoms with Gasteiger partial charge in [0.15, 0.2) is 0 Å². The molecule has 1 heterocycles. The highest BCUT2D eigenvalue weighted by Crippen LogP contribution is 2.32. The van der Waals surface area contributed by atoms with Crippen LogP contribution in [0.25, 0.3) is 0 Å². The molecule has 0 aliphatic rings. The van der Waals surface area contributed by atoms with E-state index < -0.39 is 17.9 Å². The number of rotatable bonds is 6. The maximum atomic E-state index is 12.9. The number of carboxylic acid groups (broad SMARTS) is 1.